The Morgan fingerprint density at radius 1 is 1.15 bits per heavy atom. The number of carbonyl (C=O) groups is 1. The van der Waals surface area contributed by atoms with Crippen LogP contribution in [0.1, 0.15) is 12.1 Å². The Morgan fingerprint density at radius 2 is 1.88 bits per heavy atom. The average molecular weight is 406 g/mol. The average Bonchev–Trinajstić information content (AvgIpc) is 2.95. The van der Waals surface area contributed by atoms with Crippen LogP contribution in [0, 0.1) is 6.92 Å². The van der Waals surface area contributed by atoms with Crippen LogP contribution in [0.5, 0.6) is 0 Å². The summed E-state index contributed by atoms with van der Waals surface area (Å²) in [6.07, 6.45) is 2.05. The number of hydrogen-bond donors (Lipinski definition) is 1. The van der Waals surface area contributed by atoms with Gasteiger partial charge >= 0.3 is 0 Å². The standard InChI is InChI=1S/C19H17Cl2N3OS/c1-13-16(21)12-24(23-13)11-10-19(25)22-17-4-2-3-5-18(17)26-15-8-6-14(20)7-9-15/h2-9,12H,10-11H2,1H3,(H,22,25). The van der Waals surface area contributed by atoms with Crippen LogP contribution >= 0.6 is 35.0 Å². The highest BCUT2D eigenvalue weighted by molar-refractivity contribution is 7.99. The van der Waals surface area contributed by atoms with Gasteiger partial charge in [0.15, 0.2) is 0 Å². The molecule has 0 unspecified atom stereocenters. The number of hydrogen-bond acceptors (Lipinski definition) is 3. The monoisotopic (exact) mass is 405 g/mol. The van der Waals surface area contributed by atoms with E-state index in [1.807, 2.05) is 55.5 Å². The van der Waals surface area contributed by atoms with Gasteiger partial charge in [0.2, 0.25) is 5.91 Å². The van der Waals surface area contributed by atoms with Crippen LogP contribution in [-0.2, 0) is 11.3 Å². The van der Waals surface area contributed by atoms with Crippen LogP contribution in [0.25, 0.3) is 0 Å². The Hall–Kier alpha value is -1.95. The summed E-state index contributed by atoms with van der Waals surface area (Å²) in [5, 5.41) is 8.54. The van der Waals surface area contributed by atoms with Crippen LogP contribution < -0.4 is 5.32 Å². The number of anilines is 1. The lowest BCUT2D eigenvalue weighted by Gasteiger charge is -2.11. The van der Waals surface area contributed by atoms with Crippen molar-refractivity contribution >= 4 is 46.6 Å². The SMILES string of the molecule is Cc1nn(CCC(=O)Nc2ccccc2Sc2ccc(Cl)cc2)cc1Cl. The molecule has 7 heteroatoms. The maximum atomic E-state index is 12.3. The zero-order chi connectivity index (χ0) is 18.5. The molecular weight excluding hydrogens is 389 g/mol. The van der Waals surface area contributed by atoms with E-state index in [0.29, 0.717) is 23.0 Å². The van der Waals surface area contributed by atoms with Gasteiger partial charge in [0, 0.05) is 34.0 Å². The molecule has 3 aromatic rings. The second-order valence-corrected chi connectivity index (χ2v) is 7.63. The van der Waals surface area contributed by atoms with Crippen LogP contribution in [-0.4, -0.2) is 15.7 Å². The third-order valence-electron chi connectivity index (χ3n) is 3.66. The van der Waals surface area contributed by atoms with E-state index in [-0.39, 0.29) is 5.91 Å². The van der Waals surface area contributed by atoms with Crippen molar-refractivity contribution in [1.82, 2.24) is 9.78 Å². The summed E-state index contributed by atoms with van der Waals surface area (Å²) in [4.78, 5) is 14.3. The second kappa shape index (κ2) is 8.62. The molecule has 0 aliphatic rings. The summed E-state index contributed by atoms with van der Waals surface area (Å²) >= 11 is 13.5. The molecule has 4 nitrogen and oxygen atoms in total. The predicted molar refractivity (Wildman–Crippen MR) is 107 cm³/mol. The molecule has 0 aliphatic heterocycles. The van der Waals surface area contributed by atoms with E-state index in [1.165, 1.54) is 0 Å². The third-order valence-corrected chi connectivity index (χ3v) is 5.36. The van der Waals surface area contributed by atoms with Crippen molar-refractivity contribution in [3.63, 3.8) is 0 Å². The van der Waals surface area contributed by atoms with Gasteiger partial charge < -0.3 is 5.32 Å². The number of nitrogens with zero attached hydrogens (tertiary/aromatic N) is 2. The highest BCUT2D eigenvalue weighted by Crippen LogP contribution is 2.33. The van der Waals surface area contributed by atoms with Gasteiger partial charge in [0.25, 0.3) is 0 Å². The van der Waals surface area contributed by atoms with Crippen molar-refractivity contribution in [2.75, 3.05) is 5.32 Å². The first-order valence-electron chi connectivity index (χ1n) is 8.03. The first-order chi connectivity index (χ1) is 12.5. The normalized spacial score (nSPS) is 10.7. The van der Waals surface area contributed by atoms with Gasteiger partial charge in [-0.05, 0) is 43.3 Å². The molecule has 1 amide bonds. The fourth-order valence-corrected chi connectivity index (χ4v) is 3.50. The maximum absolute atomic E-state index is 12.3. The fraction of sp³-hybridized carbons (Fsp3) is 0.158. The molecule has 134 valence electrons. The second-order valence-electron chi connectivity index (χ2n) is 5.68. The smallest absolute Gasteiger partial charge is 0.226 e. The van der Waals surface area contributed by atoms with E-state index in [0.717, 1.165) is 21.2 Å². The molecule has 0 atom stereocenters. The summed E-state index contributed by atoms with van der Waals surface area (Å²) in [7, 11) is 0. The largest absolute Gasteiger partial charge is 0.325 e. The van der Waals surface area contributed by atoms with Crippen molar-refractivity contribution < 1.29 is 4.79 Å². The number of carbonyl (C=O) groups excluding carboxylic acids is 1. The van der Waals surface area contributed by atoms with Gasteiger partial charge in [-0.1, -0.05) is 47.1 Å². The topological polar surface area (TPSA) is 46.9 Å². The van der Waals surface area contributed by atoms with E-state index in [1.54, 1.807) is 22.6 Å². The highest BCUT2D eigenvalue weighted by atomic mass is 35.5. The highest BCUT2D eigenvalue weighted by Gasteiger charge is 2.09. The fourth-order valence-electron chi connectivity index (χ4n) is 2.33. The quantitative estimate of drug-likeness (QED) is 0.573. The molecule has 0 radical (unpaired) electrons. The maximum Gasteiger partial charge on any atom is 0.226 e. The number of amides is 1. The Labute approximate surface area is 166 Å². The number of rotatable bonds is 6. The molecule has 2 aromatic carbocycles. The Balaban J connectivity index is 1.63. The molecule has 1 N–H and O–H groups in total. The van der Waals surface area contributed by atoms with Crippen LogP contribution in [0.2, 0.25) is 10.0 Å². The number of nitrogens with one attached hydrogen (secondary N) is 1. The molecule has 0 saturated heterocycles. The molecule has 1 heterocycles. The lowest BCUT2D eigenvalue weighted by molar-refractivity contribution is -0.116. The zero-order valence-electron chi connectivity index (χ0n) is 14.1. The Morgan fingerprint density at radius 3 is 2.58 bits per heavy atom. The van der Waals surface area contributed by atoms with Crippen molar-refractivity contribution in [3.05, 3.63) is 70.5 Å². The van der Waals surface area contributed by atoms with E-state index in [2.05, 4.69) is 10.4 Å². The third kappa shape index (κ3) is 5.04. The minimum atomic E-state index is -0.0709. The van der Waals surface area contributed by atoms with Crippen LogP contribution in [0.4, 0.5) is 5.69 Å². The Kier molecular flexibility index (Phi) is 6.25. The summed E-state index contributed by atoms with van der Waals surface area (Å²) < 4.78 is 1.69. The van der Waals surface area contributed by atoms with Crippen LogP contribution in [0.15, 0.2) is 64.5 Å². The molecule has 3 rings (SSSR count). The minimum absolute atomic E-state index is 0.0709. The summed E-state index contributed by atoms with van der Waals surface area (Å²) in [6.45, 7) is 2.31. The van der Waals surface area contributed by atoms with Gasteiger partial charge in [0.1, 0.15) is 0 Å². The van der Waals surface area contributed by atoms with Crippen LogP contribution in [0.3, 0.4) is 0 Å². The lowest BCUT2D eigenvalue weighted by atomic mass is 10.3. The molecule has 26 heavy (non-hydrogen) atoms. The summed E-state index contributed by atoms with van der Waals surface area (Å²) in [5.41, 5.74) is 1.55. The van der Waals surface area contributed by atoms with Gasteiger partial charge in [-0.3, -0.25) is 9.48 Å². The van der Waals surface area contributed by atoms with Crippen molar-refractivity contribution in [3.8, 4) is 0 Å². The van der Waals surface area contributed by atoms with Gasteiger partial charge in [-0.15, -0.1) is 0 Å². The predicted octanol–water partition coefficient (Wildman–Crippen LogP) is 5.68. The molecule has 0 bridgehead atoms. The molecule has 0 aliphatic carbocycles. The van der Waals surface area contributed by atoms with Crippen molar-refractivity contribution in [2.45, 2.75) is 29.7 Å². The van der Waals surface area contributed by atoms with E-state index in [9.17, 15) is 4.79 Å². The van der Waals surface area contributed by atoms with Crippen molar-refractivity contribution in [2.24, 2.45) is 0 Å². The molecule has 0 fully saturated rings. The molecular formula is C19H17Cl2N3OS. The van der Waals surface area contributed by atoms with Gasteiger partial charge in [0.05, 0.1) is 16.4 Å². The van der Waals surface area contributed by atoms with Gasteiger partial charge in [-0.25, -0.2) is 0 Å². The zero-order valence-corrected chi connectivity index (χ0v) is 16.4. The summed E-state index contributed by atoms with van der Waals surface area (Å²) in [5.74, 6) is -0.0709. The van der Waals surface area contributed by atoms with E-state index < -0.39 is 0 Å². The van der Waals surface area contributed by atoms with E-state index >= 15 is 0 Å². The molecule has 0 saturated carbocycles. The first-order valence-corrected chi connectivity index (χ1v) is 9.60. The minimum Gasteiger partial charge on any atom is -0.325 e. The lowest BCUT2D eigenvalue weighted by Crippen LogP contribution is -2.15. The number of benzene rings is 2. The van der Waals surface area contributed by atoms with Gasteiger partial charge in [-0.2, -0.15) is 5.10 Å². The number of aryl methyl sites for hydroxylation is 2. The van der Waals surface area contributed by atoms with E-state index in [4.69, 9.17) is 23.2 Å². The number of para-hydroxylation sites is 1. The Bertz CT molecular complexity index is 890. The summed E-state index contributed by atoms with van der Waals surface area (Å²) in [6, 6.07) is 15.3. The van der Waals surface area contributed by atoms with Crippen molar-refractivity contribution in [1.29, 1.82) is 0 Å². The molecule has 1 aromatic heterocycles. The number of aromatic nitrogens is 2. The number of halogens is 2. The molecule has 0 spiro atoms. The first kappa shape index (κ1) is 18.8.